The minimum absolute atomic E-state index is 0.0575. The summed E-state index contributed by atoms with van der Waals surface area (Å²) in [7, 11) is 0. The summed E-state index contributed by atoms with van der Waals surface area (Å²) in [5, 5.41) is 6.50. The Morgan fingerprint density at radius 2 is 2.44 bits per heavy atom. The van der Waals surface area contributed by atoms with Gasteiger partial charge in [-0.25, -0.2) is 0 Å². The van der Waals surface area contributed by atoms with Crippen LogP contribution in [0.4, 0.5) is 0 Å². The number of aryl methyl sites for hydroxylation is 1. The van der Waals surface area contributed by atoms with E-state index in [1.807, 2.05) is 22.9 Å². The Morgan fingerprint density at radius 1 is 1.56 bits per heavy atom. The van der Waals surface area contributed by atoms with Crippen molar-refractivity contribution < 1.29 is 4.79 Å². The molecule has 100 valence electrons. The van der Waals surface area contributed by atoms with Gasteiger partial charge in [-0.3, -0.25) is 4.79 Å². The van der Waals surface area contributed by atoms with Crippen LogP contribution < -0.4 is 10.6 Å². The van der Waals surface area contributed by atoms with Gasteiger partial charge < -0.3 is 15.2 Å². The molecule has 1 aromatic heterocycles. The Labute approximate surface area is 109 Å². The first-order valence-corrected chi connectivity index (χ1v) is 6.98. The minimum atomic E-state index is 0.0575. The van der Waals surface area contributed by atoms with Gasteiger partial charge in [0.2, 0.25) is 0 Å². The lowest BCUT2D eigenvalue weighted by atomic mass is 10.1. The molecule has 1 amide bonds. The quantitative estimate of drug-likeness (QED) is 0.854. The molecule has 4 heteroatoms. The highest BCUT2D eigenvalue weighted by Crippen LogP contribution is 2.07. The standard InChI is InChI=1S/C14H23N3O/c1-2-9-17-10-5-7-13(17)14(18)16-12-6-3-4-8-15-11-12/h5,7,10,12,15H,2-4,6,8-9,11H2,1H3,(H,16,18). The van der Waals surface area contributed by atoms with E-state index in [1.165, 1.54) is 12.8 Å². The van der Waals surface area contributed by atoms with Gasteiger partial charge in [-0.2, -0.15) is 0 Å². The molecule has 2 rings (SSSR count). The second kappa shape index (κ2) is 6.59. The smallest absolute Gasteiger partial charge is 0.268 e. The monoisotopic (exact) mass is 249 g/mol. The number of carbonyl (C=O) groups is 1. The van der Waals surface area contributed by atoms with Crippen molar-refractivity contribution in [2.45, 2.75) is 45.2 Å². The number of nitrogens with zero attached hydrogens (tertiary/aromatic N) is 1. The van der Waals surface area contributed by atoms with Crippen LogP contribution in [0.25, 0.3) is 0 Å². The number of amides is 1. The van der Waals surface area contributed by atoms with Crippen LogP contribution in [0, 0.1) is 0 Å². The van der Waals surface area contributed by atoms with E-state index in [9.17, 15) is 4.79 Å². The molecular weight excluding hydrogens is 226 g/mol. The van der Waals surface area contributed by atoms with Gasteiger partial charge >= 0.3 is 0 Å². The molecule has 2 heterocycles. The molecule has 1 aliphatic rings. The topological polar surface area (TPSA) is 46.1 Å². The Kier molecular flexibility index (Phi) is 4.81. The van der Waals surface area contributed by atoms with Crippen molar-refractivity contribution in [2.24, 2.45) is 0 Å². The highest BCUT2D eigenvalue weighted by Gasteiger charge is 2.17. The van der Waals surface area contributed by atoms with Crippen LogP contribution in [0.2, 0.25) is 0 Å². The largest absolute Gasteiger partial charge is 0.347 e. The van der Waals surface area contributed by atoms with E-state index < -0.39 is 0 Å². The molecule has 1 unspecified atom stereocenters. The molecule has 2 N–H and O–H groups in total. The van der Waals surface area contributed by atoms with Gasteiger partial charge in [0.05, 0.1) is 0 Å². The molecule has 1 atom stereocenters. The molecule has 1 saturated heterocycles. The van der Waals surface area contributed by atoms with Crippen molar-refractivity contribution in [3.63, 3.8) is 0 Å². The van der Waals surface area contributed by atoms with Crippen LogP contribution in [0.1, 0.15) is 43.1 Å². The molecule has 1 aliphatic heterocycles. The summed E-state index contributed by atoms with van der Waals surface area (Å²) in [6, 6.07) is 4.11. The van der Waals surface area contributed by atoms with E-state index in [0.717, 1.165) is 38.2 Å². The van der Waals surface area contributed by atoms with E-state index in [-0.39, 0.29) is 11.9 Å². The maximum Gasteiger partial charge on any atom is 0.268 e. The highest BCUT2D eigenvalue weighted by atomic mass is 16.2. The zero-order valence-corrected chi connectivity index (χ0v) is 11.1. The second-order valence-corrected chi connectivity index (χ2v) is 4.96. The molecule has 0 spiro atoms. The number of hydrogen-bond acceptors (Lipinski definition) is 2. The van der Waals surface area contributed by atoms with Crippen LogP contribution in [-0.4, -0.2) is 29.6 Å². The fraction of sp³-hybridized carbons (Fsp3) is 0.643. The average Bonchev–Trinajstić information content (AvgIpc) is 2.67. The van der Waals surface area contributed by atoms with Crippen LogP contribution >= 0.6 is 0 Å². The van der Waals surface area contributed by atoms with E-state index in [2.05, 4.69) is 17.6 Å². The first-order chi connectivity index (χ1) is 8.81. The fourth-order valence-corrected chi connectivity index (χ4v) is 2.46. The highest BCUT2D eigenvalue weighted by molar-refractivity contribution is 5.92. The van der Waals surface area contributed by atoms with Gasteiger partial charge in [0.15, 0.2) is 0 Å². The van der Waals surface area contributed by atoms with Crippen LogP contribution in [0.5, 0.6) is 0 Å². The summed E-state index contributed by atoms with van der Waals surface area (Å²) in [5.74, 6) is 0.0575. The molecule has 4 nitrogen and oxygen atoms in total. The molecule has 0 radical (unpaired) electrons. The lowest BCUT2D eigenvalue weighted by Gasteiger charge is -2.17. The Hall–Kier alpha value is -1.29. The van der Waals surface area contributed by atoms with Crippen LogP contribution in [0.15, 0.2) is 18.3 Å². The second-order valence-electron chi connectivity index (χ2n) is 4.96. The van der Waals surface area contributed by atoms with E-state index in [1.54, 1.807) is 0 Å². The van der Waals surface area contributed by atoms with Crippen LogP contribution in [0.3, 0.4) is 0 Å². The maximum atomic E-state index is 12.2. The van der Waals surface area contributed by atoms with Crippen molar-refractivity contribution >= 4 is 5.91 Å². The molecule has 1 aromatic rings. The number of nitrogens with one attached hydrogen (secondary N) is 2. The normalized spacial score (nSPS) is 20.4. The summed E-state index contributed by atoms with van der Waals surface area (Å²) in [4.78, 5) is 12.2. The molecule has 0 aliphatic carbocycles. The Morgan fingerprint density at radius 3 is 3.28 bits per heavy atom. The van der Waals surface area contributed by atoms with E-state index in [4.69, 9.17) is 0 Å². The summed E-state index contributed by atoms with van der Waals surface area (Å²) in [6.07, 6.45) is 6.49. The average molecular weight is 249 g/mol. The summed E-state index contributed by atoms with van der Waals surface area (Å²) < 4.78 is 2.03. The predicted molar refractivity (Wildman–Crippen MR) is 72.7 cm³/mol. The fourth-order valence-electron chi connectivity index (χ4n) is 2.46. The van der Waals surface area contributed by atoms with E-state index in [0.29, 0.717) is 0 Å². The maximum absolute atomic E-state index is 12.2. The first kappa shape index (κ1) is 13.1. The van der Waals surface area contributed by atoms with Gasteiger partial charge in [-0.1, -0.05) is 13.3 Å². The zero-order chi connectivity index (χ0) is 12.8. The molecular formula is C14H23N3O. The summed E-state index contributed by atoms with van der Waals surface area (Å²) in [5.41, 5.74) is 0.779. The minimum Gasteiger partial charge on any atom is -0.347 e. The molecule has 0 saturated carbocycles. The Bertz CT molecular complexity index is 378. The van der Waals surface area contributed by atoms with Crippen molar-refractivity contribution in [1.82, 2.24) is 15.2 Å². The third kappa shape index (κ3) is 3.35. The lowest BCUT2D eigenvalue weighted by Crippen LogP contribution is -2.41. The summed E-state index contributed by atoms with van der Waals surface area (Å²) >= 11 is 0. The summed E-state index contributed by atoms with van der Waals surface area (Å²) in [6.45, 7) is 4.98. The van der Waals surface area contributed by atoms with E-state index >= 15 is 0 Å². The van der Waals surface area contributed by atoms with Crippen molar-refractivity contribution in [3.05, 3.63) is 24.0 Å². The molecule has 1 fully saturated rings. The number of rotatable bonds is 4. The van der Waals surface area contributed by atoms with Gasteiger partial charge in [0.25, 0.3) is 5.91 Å². The number of hydrogen-bond donors (Lipinski definition) is 2. The Balaban J connectivity index is 1.95. The van der Waals surface area contributed by atoms with Crippen molar-refractivity contribution in [1.29, 1.82) is 0 Å². The van der Waals surface area contributed by atoms with Crippen LogP contribution in [-0.2, 0) is 6.54 Å². The SMILES string of the molecule is CCCn1cccc1C(=O)NC1CCCCNC1. The third-order valence-corrected chi connectivity index (χ3v) is 3.41. The van der Waals surface area contributed by atoms with Gasteiger partial charge in [-0.15, -0.1) is 0 Å². The van der Waals surface area contributed by atoms with Gasteiger partial charge in [0.1, 0.15) is 5.69 Å². The van der Waals surface area contributed by atoms with Gasteiger partial charge in [0, 0.05) is 25.3 Å². The number of aromatic nitrogens is 1. The molecule has 0 aromatic carbocycles. The van der Waals surface area contributed by atoms with Crippen molar-refractivity contribution in [3.8, 4) is 0 Å². The molecule has 0 bridgehead atoms. The molecule has 18 heavy (non-hydrogen) atoms. The zero-order valence-electron chi connectivity index (χ0n) is 11.1. The van der Waals surface area contributed by atoms with Crippen molar-refractivity contribution in [2.75, 3.05) is 13.1 Å². The first-order valence-electron chi connectivity index (χ1n) is 6.98. The van der Waals surface area contributed by atoms with Gasteiger partial charge in [-0.05, 0) is 37.9 Å². The lowest BCUT2D eigenvalue weighted by molar-refractivity contribution is 0.0926. The third-order valence-electron chi connectivity index (χ3n) is 3.41. The predicted octanol–water partition coefficient (Wildman–Crippen LogP) is 1.77. The number of carbonyl (C=O) groups excluding carboxylic acids is 1.